The SMILES string of the molecule is CC(=O)N1CCCC1.CCN(C)C.Cc1ccc(Cl)c(C)c1Cl.Cc1ccc2c(c1)OCO2. The maximum absolute atomic E-state index is 10.6. The number of hydrogen-bond donors (Lipinski definition) is 0. The van der Waals surface area contributed by atoms with E-state index in [1.165, 1.54) is 18.4 Å². The third kappa shape index (κ3) is 10.7. The maximum atomic E-state index is 10.6. The minimum atomic E-state index is 0.225. The van der Waals surface area contributed by atoms with Crippen molar-refractivity contribution in [2.24, 2.45) is 0 Å². The van der Waals surface area contributed by atoms with Crippen LogP contribution in [0.25, 0.3) is 0 Å². The molecule has 184 valence electrons. The first-order chi connectivity index (χ1) is 15.6. The highest BCUT2D eigenvalue weighted by Gasteiger charge is 2.12. The number of ether oxygens (including phenoxy) is 2. The van der Waals surface area contributed by atoms with E-state index >= 15 is 0 Å². The standard InChI is InChI=1S/C8H8Cl2.C8H8O2.C6H11NO.C4H11N/c1-5-3-4-7(9)6(2)8(5)10;1-6-2-3-7-8(4-6)10-5-9-7;1-6(8)7-4-2-3-5-7;1-4-5(2)3/h3-4H,1-2H3;2-4H,5H2,1H3;2-5H2,1H3;4H2,1-3H3. The first-order valence-electron chi connectivity index (χ1n) is 11.2. The lowest BCUT2D eigenvalue weighted by molar-refractivity contribution is -0.127. The van der Waals surface area contributed by atoms with Crippen molar-refractivity contribution in [2.75, 3.05) is 40.5 Å². The highest BCUT2D eigenvalue weighted by Crippen LogP contribution is 2.32. The molecule has 1 saturated heterocycles. The summed E-state index contributed by atoms with van der Waals surface area (Å²) in [5.41, 5.74) is 3.23. The lowest BCUT2D eigenvalue weighted by Crippen LogP contribution is -2.24. The summed E-state index contributed by atoms with van der Waals surface area (Å²) in [5.74, 6) is 1.94. The number of likely N-dealkylation sites (tertiary alicyclic amines) is 1. The maximum Gasteiger partial charge on any atom is 0.231 e. The summed E-state index contributed by atoms with van der Waals surface area (Å²) >= 11 is 11.7. The van der Waals surface area contributed by atoms with Crippen LogP contribution in [0.3, 0.4) is 0 Å². The Balaban J connectivity index is 0.000000227. The minimum Gasteiger partial charge on any atom is -0.454 e. The van der Waals surface area contributed by atoms with Gasteiger partial charge in [0.1, 0.15) is 0 Å². The molecular weight excluding hydrogens is 459 g/mol. The monoisotopic (exact) mass is 496 g/mol. The summed E-state index contributed by atoms with van der Waals surface area (Å²) in [6, 6.07) is 9.68. The zero-order valence-electron chi connectivity index (χ0n) is 21.0. The molecule has 0 bridgehead atoms. The fraction of sp³-hybridized carbons (Fsp3) is 0.500. The van der Waals surface area contributed by atoms with Gasteiger partial charge in [-0.3, -0.25) is 4.79 Å². The molecule has 0 atom stereocenters. The van der Waals surface area contributed by atoms with Crippen molar-refractivity contribution in [1.82, 2.24) is 9.80 Å². The zero-order chi connectivity index (χ0) is 25.0. The molecule has 1 amide bonds. The minimum absolute atomic E-state index is 0.225. The van der Waals surface area contributed by atoms with Crippen molar-refractivity contribution >= 4 is 29.1 Å². The van der Waals surface area contributed by atoms with Crippen LogP contribution in [0.2, 0.25) is 10.0 Å². The van der Waals surface area contributed by atoms with Gasteiger partial charge in [0.15, 0.2) is 11.5 Å². The average Bonchev–Trinajstić information content (AvgIpc) is 3.48. The Kier molecular flexibility index (Phi) is 13.3. The number of aryl methyl sites for hydroxylation is 2. The van der Waals surface area contributed by atoms with Crippen molar-refractivity contribution in [3.63, 3.8) is 0 Å². The van der Waals surface area contributed by atoms with Crippen LogP contribution in [0.15, 0.2) is 30.3 Å². The number of nitrogens with zero attached hydrogens (tertiary/aromatic N) is 2. The lowest BCUT2D eigenvalue weighted by Gasteiger charge is -2.10. The molecule has 0 spiro atoms. The van der Waals surface area contributed by atoms with Crippen molar-refractivity contribution in [3.8, 4) is 11.5 Å². The predicted octanol–water partition coefficient (Wildman–Crippen LogP) is 6.53. The fourth-order valence-corrected chi connectivity index (χ4v) is 3.20. The molecule has 2 aromatic carbocycles. The van der Waals surface area contributed by atoms with E-state index in [1.54, 1.807) is 6.92 Å². The summed E-state index contributed by atoms with van der Waals surface area (Å²) in [6.45, 7) is 13.1. The van der Waals surface area contributed by atoms with Gasteiger partial charge in [0.05, 0.1) is 0 Å². The molecule has 0 N–H and O–H groups in total. The smallest absolute Gasteiger partial charge is 0.231 e. The van der Waals surface area contributed by atoms with E-state index in [1.807, 2.05) is 56.0 Å². The van der Waals surface area contributed by atoms with E-state index in [0.717, 1.165) is 52.3 Å². The van der Waals surface area contributed by atoms with E-state index in [-0.39, 0.29) is 5.91 Å². The molecule has 2 aliphatic rings. The van der Waals surface area contributed by atoms with Gasteiger partial charge in [-0.25, -0.2) is 0 Å². The van der Waals surface area contributed by atoms with E-state index in [0.29, 0.717) is 6.79 Å². The van der Waals surface area contributed by atoms with Gasteiger partial charge in [0.25, 0.3) is 0 Å². The molecule has 7 heteroatoms. The van der Waals surface area contributed by atoms with Crippen LogP contribution in [0.4, 0.5) is 0 Å². The van der Waals surface area contributed by atoms with Crippen LogP contribution in [0, 0.1) is 20.8 Å². The second-order valence-electron chi connectivity index (χ2n) is 8.27. The summed E-state index contributed by atoms with van der Waals surface area (Å²) in [5, 5.41) is 1.50. The number of benzene rings is 2. The second-order valence-corrected chi connectivity index (χ2v) is 9.05. The largest absolute Gasteiger partial charge is 0.454 e. The average molecular weight is 498 g/mol. The van der Waals surface area contributed by atoms with E-state index in [9.17, 15) is 4.79 Å². The number of halogens is 2. The first kappa shape index (κ1) is 29.1. The molecule has 2 heterocycles. The zero-order valence-corrected chi connectivity index (χ0v) is 22.5. The Morgan fingerprint density at radius 2 is 1.58 bits per heavy atom. The summed E-state index contributed by atoms with van der Waals surface area (Å²) in [7, 11) is 4.11. The molecule has 0 aromatic heterocycles. The van der Waals surface area contributed by atoms with Gasteiger partial charge in [-0.05, 0) is 89.1 Å². The molecule has 1 fully saturated rings. The van der Waals surface area contributed by atoms with Gasteiger partial charge >= 0.3 is 0 Å². The van der Waals surface area contributed by atoms with Gasteiger partial charge in [-0.1, -0.05) is 42.3 Å². The van der Waals surface area contributed by atoms with E-state index < -0.39 is 0 Å². The number of amides is 1. The van der Waals surface area contributed by atoms with Gasteiger partial charge < -0.3 is 19.3 Å². The Bertz CT molecular complexity index is 855. The highest BCUT2D eigenvalue weighted by molar-refractivity contribution is 6.36. The molecule has 0 unspecified atom stereocenters. The quantitative estimate of drug-likeness (QED) is 0.449. The Hall–Kier alpha value is -1.95. The van der Waals surface area contributed by atoms with Gasteiger partial charge in [-0.15, -0.1) is 0 Å². The lowest BCUT2D eigenvalue weighted by atomic mass is 10.2. The van der Waals surface area contributed by atoms with Crippen LogP contribution in [0.5, 0.6) is 11.5 Å². The van der Waals surface area contributed by atoms with Crippen LogP contribution in [-0.4, -0.2) is 56.2 Å². The Labute approximate surface area is 209 Å². The van der Waals surface area contributed by atoms with Crippen molar-refractivity contribution in [3.05, 3.63) is 57.1 Å². The summed E-state index contributed by atoms with van der Waals surface area (Å²) < 4.78 is 10.3. The highest BCUT2D eigenvalue weighted by atomic mass is 35.5. The van der Waals surface area contributed by atoms with E-state index in [4.69, 9.17) is 32.7 Å². The molecule has 2 aliphatic heterocycles. The van der Waals surface area contributed by atoms with Gasteiger partial charge in [0, 0.05) is 30.1 Å². The van der Waals surface area contributed by atoms with E-state index in [2.05, 4.69) is 25.9 Å². The molecule has 2 aromatic rings. The molecule has 5 nitrogen and oxygen atoms in total. The molecule has 4 rings (SSSR count). The van der Waals surface area contributed by atoms with Crippen LogP contribution < -0.4 is 9.47 Å². The second kappa shape index (κ2) is 15.0. The van der Waals surface area contributed by atoms with Crippen LogP contribution >= 0.6 is 23.2 Å². The molecule has 0 saturated carbocycles. The van der Waals surface area contributed by atoms with Crippen molar-refractivity contribution < 1.29 is 14.3 Å². The number of rotatable bonds is 1. The molecule has 0 radical (unpaired) electrons. The Morgan fingerprint density at radius 1 is 1.00 bits per heavy atom. The molecule has 33 heavy (non-hydrogen) atoms. The molecule has 0 aliphatic carbocycles. The van der Waals surface area contributed by atoms with Crippen molar-refractivity contribution in [2.45, 2.75) is 47.5 Å². The predicted molar refractivity (Wildman–Crippen MR) is 139 cm³/mol. The number of fused-ring (bicyclic) bond motifs is 1. The molecular formula is C26H38Cl2N2O3. The number of carbonyl (C=O) groups excluding carboxylic acids is 1. The number of carbonyl (C=O) groups is 1. The fourth-order valence-electron chi connectivity index (χ4n) is 2.83. The summed E-state index contributed by atoms with van der Waals surface area (Å²) in [6.07, 6.45) is 2.39. The number of hydrogen-bond acceptors (Lipinski definition) is 4. The van der Waals surface area contributed by atoms with Crippen LogP contribution in [-0.2, 0) is 4.79 Å². The Morgan fingerprint density at radius 3 is 2.06 bits per heavy atom. The normalized spacial score (nSPS) is 13.3. The third-order valence-electron chi connectivity index (χ3n) is 5.23. The van der Waals surface area contributed by atoms with Gasteiger partial charge in [-0.2, -0.15) is 0 Å². The van der Waals surface area contributed by atoms with Crippen LogP contribution in [0.1, 0.15) is 43.4 Å². The topological polar surface area (TPSA) is 42.0 Å². The third-order valence-corrected chi connectivity index (χ3v) is 6.22. The van der Waals surface area contributed by atoms with Gasteiger partial charge in [0.2, 0.25) is 12.7 Å². The van der Waals surface area contributed by atoms with Crippen molar-refractivity contribution in [1.29, 1.82) is 0 Å². The summed E-state index contributed by atoms with van der Waals surface area (Å²) in [4.78, 5) is 14.6. The first-order valence-corrected chi connectivity index (χ1v) is 12.0.